The second kappa shape index (κ2) is 4.21. The van der Waals surface area contributed by atoms with E-state index in [-0.39, 0.29) is 12.4 Å². The van der Waals surface area contributed by atoms with Crippen molar-refractivity contribution >= 4 is 12.4 Å². The smallest absolute Gasteiger partial charge is 0.149 e. The number of hydrogen-bond donors (Lipinski definition) is 1. The quantitative estimate of drug-likeness (QED) is 0.660. The average molecular weight is 174 g/mol. The fraction of sp³-hybridized carbons (Fsp3) is 0.250. The summed E-state index contributed by atoms with van der Waals surface area (Å²) >= 11 is 0. The monoisotopic (exact) mass is 173 g/mol. The molecule has 0 saturated heterocycles. The summed E-state index contributed by atoms with van der Waals surface area (Å²) in [4.78, 5) is 4.63. The van der Waals surface area contributed by atoms with Crippen LogP contribution in [0, 0.1) is 13.8 Å². The Kier molecular flexibility index (Phi) is 3.93. The molecule has 0 amide bonds. The molecule has 0 bridgehead atoms. The van der Waals surface area contributed by atoms with Crippen LogP contribution >= 0.6 is 12.4 Å². The molecule has 0 aliphatic carbocycles. The zero-order chi connectivity index (χ0) is 7.56. The normalized spacial score (nSPS) is 8.64. The van der Waals surface area contributed by atoms with Crippen LogP contribution in [0.5, 0.6) is 5.75 Å². The van der Waals surface area contributed by atoms with Gasteiger partial charge in [0, 0.05) is 0 Å². The van der Waals surface area contributed by atoms with E-state index in [4.69, 9.17) is 5.90 Å². The lowest BCUT2D eigenvalue weighted by Gasteiger charge is -2.02. The summed E-state index contributed by atoms with van der Waals surface area (Å²) in [6.07, 6.45) is 0. The fourth-order valence-corrected chi connectivity index (χ4v) is 0.834. The van der Waals surface area contributed by atoms with Gasteiger partial charge in [-0.1, -0.05) is 12.1 Å². The van der Waals surface area contributed by atoms with Gasteiger partial charge in [0.1, 0.15) is 5.75 Å². The summed E-state index contributed by atoms with van der Waals surface area (Å²) in [7, 11) is 0. The van der Waals surface area contributed by atoms with Crippen molar-refractivity contribution in [1.82, 2.24) is 0 Å². The lowest BCUT2D eigenvalue weighted by Crippen LogP contribution is -2.03. The van der Waals surface area contributed by atoms with Gasteiger partial charge in [-0.2, -0.15) is 5.90 Å². The minimum Gasteiger partial charge on any atom is -0.411 e. The van der Waals surface area contributed by atoms with Gasteiger partial charge in [0.15, 0.2) is 0 Å². The highest BCUT2D eigenvalue weighted by Gasteiger charge is 1.95. The Morgan fingerprint density at radius 2 is 1.91 bits per heavy atom. The van der Waals surface area contributed by atoms with Gasteiger partial charge in [-0.05, 0) is 31.0 Å². The van der Waals surface area contributed by atoms with Crippen molar-refractivity contribution in [3.63, 3.8) is 0 Å². The third-order valence-electron chi connectivity index (χ3n) is 1.47. The van der Waals surface area contributed by atoms with Gasteiger partial charge < -0.3 is 4.84 Å². The SMILES string of the molecule is Cc1ccc(C)c(ON)c1.Cl. The van der Waals surface area contributed by atoms with Gasteiger partial charge in [-0.25, -0.2) is 0 Å². The fourth-order valence-electron chi connectivity index (χ4n) is 0.834. The Labute approximate surface area is 72.7 Å². The summed E-state index contributed by atoms with van der Waals surface area (Å²) in [5, 5.41) is 0. The first-order valence-corrected chi connectivity index (χ1v) is 3.18. The topological polar surface area (TPSA) is 35.2 Å². The van der Waals surface area contributed by atoms with Crippen LogP contribution in [0.3, 0.4) is 0 Å². The van der Waals surface area contributed by atoms with Gasteiger partial charge in [0.2, 0.25) is 0 Å². The molecule has 0 saturated carbocycles. The molecular formula is C8H12ClNO. The molecule has 1 aromatic rings. The molecule has 0 atom stereocenters. The van der Waals surface area contributed by atoms with Gasteiger partial charge in [0.25, 0.3) is 0 Å². The molecule has 0 aliphatic heterocycles. The average Bonchev–Trinajstić information content (AvgIpc) is 1.94. The zero-order valence-corrected chi connectivity index (χ0v) is 7.44. The van der Waals surface area contributed by atoms with E-state index in [1.54, 1.807) is 0 Å². The van der Waals surface area contributed by atoms with Crippen molar-refractivity contribution in [3.05, 3.63) is 29.3 Å². The summed E-state index contributed by atoms with van der Waals surface area (Å²) in [6, 6.07) is 5.92. The summed E-state index contributed by atoms with van der Waals surface area (Å²) in [6.45, 7) is 3.96. The predicted octanol–water partition coefficient (Wildman–Crippen LogP) is 1.98. The van der Waals surface area contributed by atoms with Crippen LogP contribution in [0.4, 0.5) is 0 Å². The maximum atomic E-state index is 5.02. The maximum Gasteiger partial charge on any atom is 0.149 e. The first-order valence-electron chi connectivity index (χ1n) is 3.18. The molecule has 0 aromatic heterocycles. The molecule has 1 aromatic carbocycles. The van der Waals surface area contributed by atoms with Crippen LogP contribution in [0.25, 0.3) is 0 Å². The number of rotatable bonds is 1. The van der Waals surface area contributed by atoms with Crippen LogP contribution in [0.1, 0.15) is 11.1 Å². The van der Waals surface area contributed by atoms with E-state index < -0.39 is 0 Å². The molecule has 0 spiro atoms. The number of benzene rings is 1. The van der Waals surface area contributed by atoms with Gasteiger partial charge in [0.05, 0.1) is 0 Å². The summed E-state index contributed by atoms with van der Waals surface area (Å²) in [5.41, 5.74) is 2.22. The van der Waals surface area contributed by atoms with Crippen molar-refractivity contribution < 1.29 is 4.84 Å². The lowest BCUT2D eigenvalue weighted by atomic mass is 10.1. The van der Waals surface area contributed by atoms with Gasteiger partial charge in [-0.15, -0.1) is 12.4 Å². The van der Waals surface area contributed by atoms with Crippen molar-refractivity contribution in [3.8, 4) is 5.75 Å². The Hall–Kier alpha value is -0.730. The number of aryl methyl sites for hydroxylation is 2. The summed E-state index contributed by atoms with van der Waals surface area (Å²) in [5.74, 6) is 5.77. The zero-order valence-electron chi connectivity index (χ0n) is 6.63. The second-order valence-corrected chi connectivity index (χ2v) is 2.39. The first kappa shape index (κ1) is 10.3. The van der Waals surface area contributed by atoms with E-state index in [2.05, 4.69) is 4.84 Å². The highest BCUT2D eigenvalue weighted by Crippen LogP contribution is 2.16. The van der Waals surface area contributed by atoms with Crippen LogP contribution in [0.15, 0.2) is 18.2 Å². The van der Waals surface area contributed by atoms with Crippen molar-refractivity contribution in [1.29, 1.82) is 0 Å². The Balaban J connectivity index is 0.000001000. The molecular weight excluding hydrogens is 162 g/mol. The van der Waals surface area contributed by atoms with E-state index in [0.717, 1.165) is 16.9 Å². The highest BCUT2D eigenvalue weighted by atomic mass is 35.5. The third kappa shape index (κ3) is 2.41. The molecule has 1 rings (SSSR count). The molecule has 2 nitrogen and oxygen atoms in total. The van der Waals surface area contributed by atoms with Crippen LogP contribution in [0.2, 0.25) is 0 Å². The largest absolute Gasteiger partial charge is 0.411 e. The molecule has 2 N–H and O–H groups in total. The Morgan fingerprint density at radius 3 is 2.36 bits per heavy atom. The Morgan fingerprint density at radius 1 is 1.27 bits per heavy atom. The first-order chi connectivity index (χ1) is 4.74. The third-order valence-corrected chi connectivity index (χ3v) is 1.47. The maximum absolute atomic E-state index is 5.02. The van der Waals surface area contributed by atoms with E-state index in [0.29, 0.717) is 0 Å². The number of hydrogen-bond acceptors (Lipinski definition) is 2. The molecule has 0 heterocycles. The number of halogens is 1. The molecule has 3 heteroatoms. The van der Waals surface area contributed by atoms with Crippen molar-refractivity contribution in [2.45, 2.75) is 13.8 Å². The minimum atomic E-state index is 0. The summed E-state index contributed by atoms with van der Waals surface area (Å²) < 4.78 is 0. The van der Waals surface area contributed by atoms with Crippen molar-refractivity contribution in [2.75, 3.05) is 0 Å². The highest BCUT2D eigenvalue weighted by molar-refractivity contribution is 5.85. The molecule has 62 valence electrons. The van der Waals surface area contributed by atoms with Gasteiger partial charge in [-0.3, -0.25) is 0 Å². The molecule has 0 fully saturated rings. The molecule has 0 aliphatic rings. The predicted molar refractivity (Wildman–Crippen MR) is 48.0 cm³/mol. The van der Waals surface area contributed by atoms with Gasteiger partial charge >= 0.3 is 0 Å². The van der Waals surface area contributed by atoms with Crippen LogP contribution in [-0.2, 0) is 0 Å². The van der Waals surface area contributed by atoms with E-state index >= 15 is 0 Å². The molecule has 11 heavy (non-hydrogen) atoms. The Bertz CT molecular complexity index is 238. The standard InChI is InChI=1S/C8H11NO.ClH/c1-6-3-4-7(2)8(5-6)10-9;/h3-5H,9H2,1-2H3;1H. The van der Waals surface area contributed by atoms with Crippen LogP contribution < -0.4 is 10.7 Å². The lowest BCUT2D eigenvalue weighted by molar-refractivity contribution is 0.332. The van der Waals surface area contributed by atoms with E-state index in [9.17, 15) is 0 Å². The molecule has 0 radical (unpaired) electrons. The minimum absolute atomic E-state index is 0. The number of nitrogens with two attached hydrogens (primary N) is 1. The van der Waals surface area contributed by atoms with E-state index in [1.807, 2.05) is 32.0 Å². The second-order valence-electron chi connectivity index (χ2n) is 2.39. The van der Waals surface area contributed by atoms with E-state index in [1.165, 1.54) is 0 Å². The molecule has 0 unspecified atom stereocenters. The van der Waals surface area contributed by atoms with Crippen molar-refractivity contribution in [2.24, 2.45) is 5.90 Å². The van der Waals surface area contributed by atoms with Crippen LogP contribution in [-0.4, -0.2) is 0 Å².